The molecular formula is C16H23ClF3N. The number of hydrogen-bond donors (Lipinski definition) is 1. The summed E-state index contributed by atoms with van der Waals surface area (Å²) in [4.78, 5) is 0. The van der Waals surface area contributed by atoms with Gasteiger partial charge in [0.1, 0.15) is 0 Å². The Kier molecular flexibility index (Phi) is 7.94. The van der Waals surface area contributed by atoms with Gasteiger partial charge in [0.2, 0.25) is 0 Å². The van der Waals surface area contributed by atoms with Crippen molar-refractivity contribution in [2.75, 3.05) is 5.73 Å². The number of anilines is 1. The highest BCUT2D eigenvalue weighted by atomic mass is 35.5. The third kappa shape index (κ3) is 8.20. The normalized spacial score (nSPS) is 11.8. The number of halogens is 4. The summed E-state index contributed by atoms with van der Waals surface area (Å²) in [5.41, 5.74) is 7.61. The Hall–Kier alpha value is -0.900. The highest BCUT2D eigenvalue weighted by molar-refractivity contribution is 6.31. The van der Waals surface area contributed by atoms with E-state index in [2.05, 4.69) is 0 Å². The van der Waals surface area contributed by atoms with Gasteiger partial charge in [-0.15, -0.1) is 0 Å². The average Bonchev–Trinajstić information content (AvgIpc) is 2.38. The lowest BCUT2D eigenvalue weighted by Gasteiger charge is -2.08. The Labute approximate surface area is 129 Å². The van der Waals surface area contributed by atoms with Gasteiger partial charge in [-0.2, -0.15) is 13.2 Å². The van der Waals surface area contributed by atoms with Crippen LogP contribution in [0.2, 0.25) is 5.02 Å². The van der Waals surface area contributed by atoms with E-state index in [1.165, 1.54) is 0 Å². The summed E-state index contributed by atoms with van der Waals surface area (Å²) >= 11 is 6.09. The molecule has 0 aliphatic carbocycles. The standard InChI is InChI=1S/C16H23ClF3N/c17-14-10-8-11-15(21)13(14)9-6-4-2-1-3-5-7-12-16(18,19)20/h8,10-11H,1-7,9,12,21H2. The van der Waals surface area contributed by atoms with Crippen molar-refractivity contribution in [2.24, 2.45) is 0 Å². The van der Waals surface area contributed by atoms with E-state index in [1.807, 2.05) is 18.2 Å². The Balaban J connectivity index is 2.03. The Morgan fingerprint density at radius 2 is 1.48 bits per heavy atom. The minimum absolute atomic E-state index is 0.250. The van der Waals surface area contributed by atoms with Crippen molar-refractivity contribution in [1.29, 1.82) is 0 Å². The Morgan fingerprint density at radius 1 is 0.905 bits per heavy atom. The zero-order chi connectivity index (χ0) is 15.7. The molecular weight excluding hydrogens is 299 g/mol. The summed E-state index contributed by atoms with van der Waals surface area (Å²) in [6.45, 7) is 0. The molecule has 0 bridgehead atoms. The summed E-state index contributed by atoms with van der Waals surface area (Å²) in [5, 5.41) is 0.710. The van der Waals surface area contributed by atoms with Crippen LogP contribution in [0.5, 0.6) is 0 Å². The van der Waals surface area contributed by atoms with Crippen molar-refractivity contribution in [3.8, 4) is 0 Å². The van der Waals surface area contributed by atoms with Crippen LogP contribution < -0.4 is 5.73 Å². The van der Waals surface area contributed by atoms with Gasteiger partial charge in [0.15, 0.2) is 0 Å². The van der Waals surface area contributed by atoms with E-state index in [1.54, 1.807) is 0 Å². The van der Waals surface area contributed by atoms with Crippen LogP contribution >= 0.6 is 11.6 Å². The van der Waals surface area contributed by atoms with E-state index in [0.717, 1.165) is 49.8 Å². The van der Waals surface area contributed by atoms with Gasteiger partial charge in [-0.25, -0.2) is 0 Å². The first-order chi connectivity index (χ1) is 9.90. The van der Waals surface area contributed by atoms with Crippen molar-refractivity contribution in [1.82, 2.24) is 0 Å². The number of nitrogen functional groups attached to an aromatic ring is 1. The van der Waals surface area contributed by atoms with Gasteiger partial charge in [-0.3, -0.25) is 0 Å². The molecule has 0 aliphatic heterocycles. The van der Waals surface area contributed by atoms with E-state index in [9.17, 15) is 13.2 Å². The van der Waals surface area contributed by atoms with Gasteiger partial charge in [0, 0.05) is 17.1 Å². The summed E-state index contributed by atoms with van der Waals surface area (Å²) in [6, 6.07) is 5.53. The third-order valence-corrected chi connectivity index (χ3v) is 3.90. The molecule has 0 aliphatic rings. The highest BCUT2D eigenvalue weighted by Crippen LogP contribution is 2.25. The minimum Gasteiger partial charge on any atom is -0.398 e. The number of benzene rings is 1. The summed E-state index contributed by atoms with van der Waals surface area (Å²) in [6.07, 6.45) is 2.11. The number of hydrogen-bond acceptors (Lipinski definition) is 1. The fraction of sp³-hybridized carbons (Fsp3) is 0.625. The molecule has 0 saturated heterocycles. The predicted octanol–water partition coefficient (Wildman–Crippen LogP) is 6.15. The fourth-order valence-electron chi connectivity index (χ4n) is 2.35. The molecule has 120 valence electrons. The molecule has 0 spiro atoms. The van der Waals surface area contributed by atoms with Crippen LogP contribution in [0.3, 0.4) is 0 Å². The van der Waals surface area contributed by atoms with E-state index < -0.39 is 12.6 Å². The molecule has 0 aromatic heterocycles. The van der Waals surface area contributed by atoms with Crippen LogP contribution in [0.1, 0.15) is 56.9 Å². The lowest BCUT2D eigenvalue weighted by Crippen LogP contribution is -2.06. The molecule has 5 heteroatoms. The monoisotopic (exact) mass is 321 g/mol. The van der Waals surface area contributed by atoms with E-state index in [-0.39, 0.29) is 6.42 Å². The van der Waals surface area contributed by atoms with E-state index >= 15 is 0 Å². The first kappa shape index (κ1) is 18.1. The predicted molar refractivity (Wildman–Crippen MR) is 82.6 cm³/mol. The van der Waals surface area contributed by atoms with Crippen LogP contribution in [0, 0.1) is 0 Å². The molecule has 0 saturated carbocycles. The highest BCUT2D eigenvalue weighted by Gasteiger charge is 2.25. The van der Waals surface area contributed by atoms with Crippen LogP contribution in [-0.2, 0) is 6.42 Å². The van der Waals surface area contributed by atoms with Crippen LogP contribution in [0.15, 0.2) is 18.2 Å². The Bertz CT molecular complexity index is 398. The van der Waals surface area contributed by atoms with Crippen LogP contribution in [0.25, 0.3) is 0 Å². The molecule has 2 N–H and O–H groups in total. The van der Waals surface area contributed by atoms with Gasteiger partial charge < -0.3 is 5.73 Å². The first-order valence-electron chi connectivity index (χ1n) is 7.50. The van der Waals surface area contributed by atoms with Crippen LogP contribution in [-0.4, -0.2) is 6.18 Å². The number of alkyl halides is 3. The summed E-state index contributed by atoms with van der Waals surface area (Å²) < 4.78 is 35.8. The quantitative estimate of drug-likeness (QED) is 0.428. The Morgan fingerprint density at radius 3 is 2.05 bits per heavy atom. The van der Waals surface area contributed by atoms with Gasteiger partial charge in [-0.1, -0.05) is 49.8 Å². The number of rotatable bonds is 9. The summed E-state index contributed by atoms with van der Waals surface area (Å²) in [5.74, 6) is 0. The van der Waals surface area contributed by atoms with Crippen molar-refractivity contribution >= 4 is 17.3 Å². The van der Waals surface area contributed by atoms with E-state index in [0.29, 0.717) is 11.4 Å². The molecule has 1 rings (SSSR count). The number of unbranched alkanes of at least 4 members (excludes halogenated alkanes) is 6. The molecule has 1 aromatic carbocycles. The molecule has 1 nitrogen and oxygen atoms in total. The molecule has 0 unspecified atom stereocenters. The van der Waals surface area contributed by atoms with E-state index in [4.69, 9.17) is 17.3 Å². The maximum atomic E-state index is 11.9. The SMILES string of the molecule is Nc1cccc(Cl)c1CCCCCCCCCC(F)(F)F. The molecule has 1 aromatic rings. The van der Waals surface area contributed by atoms with Crippen molar-refractivity contribution < 1.29 is 13.2 Å². The lowest BCUT2D eigenvalue weighted by molar-refractivity contribution is -0.135. The molecule has 21 heavy (non-hydrogen) atoms. The van der Waals surface area contributed by atoms with Crippen LogP contribution in [0.4, 0.5) is 18.9 Å². The molecule has 0 atom stereocenters. The van der Waals surface area contributed by atoms with Gasteiger partial charge >= 0.3 is 6.18 Å². The second-order valence-electron chi connectivity index (χ2n) is 5.40. The molecule has 0 heterocycles. The zero-order valence-corrected chi connectivity index (χ0v) is 12.9. The number of nitrogens with two attached hydrogens (primary N) is 1. The second-order valence-corrected chi connectivity index (χ2v) is 5.80. The zero-order valence-electron chi connectivity index (χ0n) is 12.2. The fourth-order valence-corrected chi connectivity index (χ4v) is 2.63. The van der Waals surface area contributed by atoms with Crippen molar-refractivity contribution in [3.63, 3.8) is 0 Å². The molecule has 0 amide bonds. The third-order valence-electron chi connectivity index (χ3n) is 3.54. The lowest BCUT2D eigenvalue weighted by atomic mass is 10.0. The van der Waals surface area contributed by atoms with Gasteiger partial charge in [0.25, 0.3) is 0 Å². The summed E-state index contributed by atoms with van der Waals surface area (Å²) in [7, 11) is 0. The first-order valence-corrected chi connectivity index (χ1v) is 7.87. The van der Waals surface area contributed by atoms with Crippen molar-refractivity contribution in [2.45, 2.75) is 64.0 Å². The van der Waals surface area contributed by atoms with Gasteiger partial charge in [-0.05, 0) is 37.0 Å². The van der Waals surface area contributed by atoms with Gasteiger partial charge in [0.05, 0.1) is 0 Å². The molecule has 0 fully saturated rings. The molecule has 0 radical (unpaired) electrons. The second kappa shape index (κ2) is 9.19. The maximum absolute atomic E-state index is 11.9. The average molecular weight is 322 g/mol. The minimum atomic E-state index is -4.01. The smallest absolute Gasteiger partial charge is 0.389 e. The van der Waals surface area contributed by atoms with Crippen molar-refractivity contribution in [3.05, 3.63) is 28.8 Å². The largest absolute Gasteiger partial charge is 0.398 e. The maximum Gasteiger partial charge on any atom is 0.389 e. The topological polar surface area (TPSA) is 26.0 Å².